The van der Waals surface area contributed by atoms with Crippen molar-refractivity contribution in [3.05, 3.63) is 0 Å². The van der Waals surface area contributed by atoms with Crippen LogP contribution in [0.15, 0.2) is 0 Å². The molecule has 2 unspecified atom stereocenters. The molecule has 1 aliphatic heterocycles. The van der Waals surface area contributed by atoms with Crippen LogP contribution < -0.4 is 5.32 Å². The number of nitrogens with one attached hydrogen (secondary N) is 1. The van der Waals surface area contributed by atoms with Crippen molar-refractivity contribution in [2.24, 2.45) is 5.92 Å². The minimum atomic E-state index is 0.240. The Kier molecular flexibility index (Phi) is 4.70. The second-order valence-electron chi connectivity index (χ2n) is 4.04. The number of aliphatic hydroxyl groups is 1. The van der Waals surface area contributed by atoms with Crippen LogP contribution in [-0.4, -0.2) is 48.8 Å². The fraction of sp³-hybridized carbons (Fsp3) is 1.00. The molecular weight excluding hydrogens is 164 g/mol. The van der Waals surface area contributed by atoms with Gasteiger partial charge in [-0.1, -0.05) is 6.92 Å². The van der Waals surface area contributed by atoms with E-state index < -0.39 is 0 Å². The van der Waals surface area contributed by atoms with Crippen LogP contribution >= 0.6 is 0 Å². The first-order valence-corrected chi connectivity index (χ1v) is 5.32. The van der Waals surface area contributed by atoms with E-state index in [1.54, 1.807) is 0 Å². The zero-order chi connectivity index (χ0) is 9.68. The van der Waals surface area contributed by atoms with Crippen LogP contribution in [-0.2, 0) is 0 Å². The van der Waals surface area contributed by atoms with Crippen LogP contribution in [0.1, 0.15) is 20.3 Å². The monoisotopic (exact) mass is 186 g/mol. The summed E-state index contributed by atoms with van der Waals surface area (Å²) < 4.78 is 0. The zero-order valence-corrected chi connectivity index (χ0v) is 8.79. The van der Waals surface area contributed by atoms with E-state index in [0.717, 1.165) is 12.5 Å². The molecule has 78 valence electrons. The molecule has 1 rings (SSSR count). The minimum absolute atomic E-state index is 0.240. The van der Waals surface area contributed by atoms with Crippen molar-refractivity contribution in [3.63, 3.8) is 0 Å². The number of hydrogen-bond acceptors (Lipinski definition) is 3. The summed E-state index contributed by atoms with van der Waals surface area (Å²) in [6.45, 7) is 9.17. The lowest BCUT2D eigenvalue weighted by Gasteiger charge is -2.16. The van der Waals surface area contributed by atoms with Gasteiger partial charge in [0.2, 0.25) is 0 Å². The molecule has 1 aliphatic rings. The second-order valence-corrected chi connectivity index (χ2v) is 4.04. The van der Waals surface area contributed by atoms with Crippen molar-refractivity contribution in [2.45, 2.75) is 26.3 Å². The van der Waals surface area contributed by atoms with E-state index >= 15 is 0 Å². The standard InChI is InChI=1S/C10H22N2O/c1-3-12-5-4-10(7-12)6-11-9(2)8-13/h9-11,13H,3-8H2,1-2H3. The van der Waals surface area contributed by atoms with Crippen LogP contribution in [0.25, 0.3) is 0 Å². The molecule has 0 aliphatic carbocycles. The summed E-state index contributed by atoms with van der Waals surface area (Å²) in [7, 11) is 0. The summed E-state index contributed by atoms with van der Waals surface area (Å²) in [5, 5.41) is 12.2. The van der Waals surface area contributed by atoms with E-state index in [1.807, 2.05) is 6.92 Å². The Balaban J connectivity index is 2.10. The SMILES string of the molecule is CCN1CCC(CNC(C)CO)C1. The number of nitrogens with zero attached hydrogens (tertiary/aromatic N) is 1. The van der Waals surface area contributed by atoms with E-state index in [0.29, 0.717) is 0 Å². The maximum atomic E-state index is 8.83. The molecule has 3 nitrogen and oxygen atoms in total. The Morgan fingerprint density at radius 3 is 2.92 bits per heavy atom. The van der Waals surface area contributed by atoms with Crippen LogP contribution in [0.3, 0.4) is 0 Å². The van der Waals surface area contributed by atoms with Gasteiger partial charge in [-0.25, -0.2) is 0 Å². The van der Waals surface area contributed by atoms with E-state index in [9.17, 15) is 0 Å². The highest BCUT2D eigenvalue weighted by molar-refractivity contribution is 4.77. The predicted molar refractivity (Wildman–Crippen MR) is 54.8 cm³/mol. The quantitative estimate of drug-likeness (QED) is 0.648. The number of rotatable bonds is 5. The molecule has 2 N–H and O–H groups in total. The predicted octanol–water partition coefficient (Wildman–Crippen LogP) is 0.299. The molecule has 0 saturated carbocycles. The van der Waals surface area contributed by atoms with E-state index in [-0.39, 0.29) is 12.6 Å². The third-order valence-electron chi connectivity index (χ3n) is 2.85. The van der Waals surface area contributed by atoms with Crippen LogP contribution in [0.2, 0.25) is 0 Å². The van der Waals surface area contributed by atoms with Gasteiger partial charge in [-0.2, -0.15) is 0 Å². The topological polar surface area (TPSA) is 35.5 Å². The van der Waals surface area contributed by atoms with Gasteiger partial charge >= 0.3 is 0 Å². The minimum Gasteiger partial charge on any atom is -0.395 e. The van der Waals surface area contributed by atoms with E-state index in [2.05, 4.69) is 17.1 Å². The van der Waals surface area contributed by atoms with E-state index in [1.165, 1.54) is 26.1 Å². The third kappa shape index (κ3) is 3.63. The van der Waals surface area contributed by atoms with Gasteiger partial charge in [-0.3, -0.25) is 0 Å². The highest BCUT2D eigenvalue weighted by Crippen LogP contribution is 2.14. The molecular formula is C10H22N2O. The summed E-state index contributed by atoms with van der Waals surface area (Å²) in [5.41, 5.74) is 0. The molecule has 0 aromatic carbocycles. The van der Waals surface area contributed by atoms with Crippen LogP contribution in [0.5, 0.6) is 0 Å². The molecule has 1 fully saturated rings. The van der Waals surface area contributed by atoms with Gasteiger partial charge < -0.3 is 15.3 Å². The molecule has 2 atom stereocenters. The van der Waals surface area contributed by atoms with Crippen LogP contribution in [0, 0.1) is 5.92 Å². The Labute approximate surface area is 81.1 Å². The number of aliphatic hydroxyl groups excluding tert-OH is 1. The maximum Gasteiger partial charge on any atom is 0.0581 e. The van der Waals surface area contributed by atoms with Gasteiger partial charge in [0, 0.05) is 12.6 Å². The molecule has 0 amide bonds. The third-order valence-corrected chi connectivity index (χ3v) is 2.85. The Hall–Kier alpha value is -0.120. The first kappa shape index (κ1) is 11.0. The smallest absolute Gasteiger partial charge is 0.0581 e. The molecule has 1 saturated heterocycles. The maximum absolute atomic E-state index is 8.83. The number of hydrogen-bond donors (Lipinski definition) is 2. The molecule has 0 aromatic rings. The Morgan fingerprint density at radius 1 is 1.62 bits per heavy atom. The summed E-state index contributed by atoms with van der Waals surface area (Å²) in [5.74, 6) is 0.786. The van der Waals surface area contributed by atoms with Crippen molar-refractivity contribution < 1.29 is 5.11 Å². The molecule has 1 heterocycles. The first-order chi connectivity index (χ1) is 6.26. The van der Waals surface area contributed by atoms with Gasteiger partial charge in [-0.05, 0) is 38.9 Å². The highest BCUT2D eigenvalue weighted by Gasteiger charge is 2.20. The van der Waals surface area contributed by atoms with Crippen molar-refractivity contribution in [2.75, 3.05) is 32.8 Å². The van der Waals surface area contributed by atoms with Gasteiger partial charge in [0.15, 0.2) is 0 Å². The first-order valence-electron chi connectivity index (χ1n) is 5.32. The van der Waals surface area contributed by atoms with Gasteiger partial charge in [-0.15, -0.1) is 0 Å². The molecule has 0 aromatic heterocycles. The summed E-state index contributed by atoms with van der Waals surface area (Å²) in [6.07, 6.45) is 1.30. The summed E-state index contributed by atoms with van der Waals surface area (Å²) >= 11 is 0. The van der Waals surface area contributed by atoms with Gasteiger partial charge in [0.05, 0.1) is 6.61 Å². The van der Waals surface area contributed by atoms with Crippen molar-refractivity contribution in [3.8, 4) is 0 Å². The molecule has 0 radical (unpaired) electrons. The average molecular weight is 186 g/mol. The molecule has 0 spiro atoms. The summed E-state index contributed by atoms with van der Waals surface area (Å²) in [6, 6.07) is 0.246. The molecule has 0 bridgehead atoms. The normalized spacial score (nSPS) is 26.5. The van der Waals surface area contributed by atoms with Crippen molar-refractivity contribution in [1.82, 2.24) is 10.2 Å². The lowest BCUT2D eigenvalue weighted by Crippen LogP contribution is -2.34. The highest BCUT2D eigenvalue weighted by atomic mass is 16.3. The molecule has 3 heteroatoms. The Bertz CT molecular complexity index is 141. The lowest BCUT2D eigenvalue weighted by molar-refractivity contribution is 0.245. The summed E-state index contributed by atoms with van der Waals surface area (Å²) in [4.78, 5) is 2.48. The van der Waals surface area contributed by atoms with E-state index in [4.69, 9.17) is 5.11 Å². The zero-order valence-electron chi connectivity index (χ0n) is 8.79. The fourth-order valence-corrected chi connectivity index (χ4v) is 1.80. The average Bonchev–Trinajstić information content (AvgIpc) is 2.61. The van der Waals surface area contributed by atoms with Gasteiger partial charge in [0.1, 0.15) is 0 Å². The largest absolute Gasteiger partial charge is 0.395 e. The van der Waals surface area contributed by atoms with Crippen LogP contribution in [0.4, 0.5) is 0 Å². The number of likely N-dealkylation sites (tertiary alicyclic amines) is 1. The lowest BCUT2D eigenvalue weighted by atomic mass is 10.1. The second kappa shape index (κ2) is 5.58. The molecule has 13 heavy (non-hydrogen) atoms. The van der Waals surface area contributed by atoms with Crippen molar-refractivity contribution >= 4 is 0 Å². The van der Waals surface area contributed by atoms with Crippen molar-refractivity contribution in [1.29, 1.82) is 0 Å². The fourth-order valence-electron chi connectivity index (χ4n) is 1.80. The Morgan fingerprint density at radius 2 is 2.38 bits per heavy atom. The van der Waals surface area contributed by atoms with Gasteiger partial charge in [0.25, 0.3) is 0 Å².